The molecule has 0 heterocycles. The molecule has 2 aromatic carbocycles. The van der Waals surface area contributed by atoms with Crippen LogP contribution in [0.5, 0.6) is 5.75 Å². The molecule has 0 saturated carbocycles. The second kappa shape index (κ2) is 6.28. The van der Waals surface area contributed by atoms with Gasteiger partial charge in [-0.1, -0.05) is 23.7 Å². The normalized spacial score (nSPS) is 10.0. The van der Waals surface area contributed by atoms with Crippen molar-refractivity contribution in [1.29, 1.82) is 0 Å². The SMILES string of the molecule is COC(=O)c1ccc(NC(=O)c2ccccc2Cl)c(O)c1. The summed E-state index contributed by atoms with van der Waals surface area (Å²) in [6, 6.07) is 10.6. The molecule has 0 spiro atoms. The van der Waals surface area contributed by atoms with Crippen LogP contribution in [0, 0.1) is 0 Å². The van der Waals surface area contributed by atoms with Gasteiger partial charge in [-0.25, -0.2) is 4.79 Å². The lowest BCUT2D eigenvalue weighted by Crippen LogP contribution is -2.12. The predicted octanol–water partition coefficient (Wildman–Crippen LogP) is 3.08. The predicted molar refractivity (Wildman–Crippen MR) is 78.9 cm³/mol. The maximum absolute atomic E-state index is 12.1. The van der Waals surface area contributed by atoms with Crippen molar-refractivity contribution in [3.8, 4) is 5.75 Å². The van der Waals surface area contributed by atoms with Gasteiger partial charge in [-0.3, -0.25) is 4.79 Å². The number of benzene rings is 2. The molecule has 0 unspecified atom stereocenters. The van der Waals surface area contributed by atoms with Crippen LogP contribution in [0.3, 0.4) is 0 Å². The molecule has 0 aromatic heterocycles. The number of carbonyl (C=O) groups excluding carboxylic acids is 2. The summed E-state index contributed by atoms with van der Waals surface area (Å²) < 4.78 is 4.54. The Labute approximate surface area is 126 Å². The fraction of sp³-hybridized carbons (Fsp3) is 0.0667. The van der Waals surface area contributed by atoms with Crippen LogP contribution in [-0.2, 0) is 4.74 Å². The number of aromatic hydroxyl groups is 1. The van der Waals surface area contributed by atoms with Crippen molar-refractivity contribution in [3.05, 3.63) is 58.6 Å². The lowest BCUT2D eigenvalue weighted by atomic mass is 10.1. The fourth-order valence-corrected chi connectivity index (χ4v) is 1.94. The smallest absolute Gasteiger partial charge is 0.337 e. The molecular weight excluding hydrogens is 294 g/mol. The number of amides is 1. The molecular formula is C15H12ClNO4. The third kappa shape index (κ3) is 3.32. The summed E-state index contributed by atoms with van der Waals surface area (Å²) in [4.78, 5) is 23.4. The van der Waals surface area contributed by atoms with E-state index in [2.05, 4.69) is 10.1 Å². The van der Waals surface area contributed by atoms with E-state index in [1.165, 1.54) is 25.3 Å². The molecule has 0 aliphatic rings. The Hall–Kier alpha value is -2.53. The lowest BCUT2D eigenvalue weighted by Gasteiger charge is -2.09. The number of carbonyl (C=O) groups is 2. The summed E-state index contributed by atoms with van der Waals surface area (Å²) in [5, 5.41) is 12.7. The molecule has 0 radical (unpaired) electrons. The lowest BCUT2D eigenvalue weighted by molar-refractivity contribution is 0.0600. The van der Waals surface area contributed by atoms with Crippen LogP contribution in [0.25, 0.3) is 0 Å². The number of nitrogens with one attached hydrogen (secondary N) is 1. The highest BCUT2D eigenvalue weighted by atomic mass is 35.5. The Kier molecular flexibility index (Phi) is 4.45. The fourth-order valence-electron chi connectivity index (χ4n) is 1.72. The molecule has 2 rings (SSSR count). The first-order valence-corrected chi connectivity index (χ1v) is 6.38. The van der Waals surface area contributed by atoms with Crippen molar-refractivity contribution in [2.45, 2.75) is 0 Å². The van der Waals surface area contributed by atoms with Crippen LogP contribution < -0.4 is 5.32 Å². The van der Waals surface area contributed by atoms with Crippen LogP contribution in [0.2, 0.25) is 5.02 Å². The Bertz CT molecular complexity index is 700. The van der Waals surface area contributed by atoms with Gasteiger partial charge < -0.3 is 15.2 Å². The van der Waals surface area contributed by atoms with Crippen molar-refractivity contribution < 1.29 is 19.4 Å². The zero-order valence-electron chi connectivity index (χ0n) is 11.1. The summed E-state index contributed by atoms with van der Waals surface area (Å²) >= 11 is 5.93. The highest BCUT2D eigenvalue weighted by Crippen LogP contribution is 2.26. The molecule has 0 fully saturated rings. The van der Waals surface area contributed by atoms with E-state index in [-0.39, 0.29) is 22.6 Å². The highest BCUT2D eigenvalue weighted by Gasteiger charge is 2.14. The molecule has 5 nitrogen and oxygen atoms in total. The summed E-state index contributed by atoms with van der Waals surface area (Å²) in [5.41, 5.74) is 0.647. The molecule has 0 saturated heterocycles. The Morgan fingerprint density at radius 3 is 2.52 bits per heavy atom. The number of hydrogen-bond acceptors (Lipinski definition) is 4. The van der Waals surface area contributed by atoms with Crippen LogP contribution in [0.15, 0.2) is 42.5 Å². The Morgan fingerprint density at radius 2 is 1.90 bits per heavy atom. The third-order valence-corrected chi connectivity index (χ3v) is 3.12. The zero-order chi connectivity index (χ0) is 15.4. The molecule has 2 aromatic rings. The van der Waals surface area contributed by atoms with Crippen molar-refractivity contribution in [1.82, 2.24) is 0 Å². The number of ether oxygens (including phenoxy) is 1. The number of anilines is 1. The van der Waals surface area contributed by atoms with E-state index in [1.54, 1.807) is 24.3 Å². The topological polar surface area (TPSA) is 75.6 Å². The summed E-state index contributed by atoms with van der Waals surface area (Å²) in [6.45, 7) is 0. The molecule has 0 bridgehead atoms. The van der Waals surface area contributed by atoms with E-state index in [9.17, 15) is 14.7 Å². The van der Waals surface area contributed by atoms with E-state index >= 15 is 0 Å². The number of rotatable bonds is 3. The van der Waals surface area contributed by atoms with Gasteiger partial charge in [0.15, 0.2) is 0 Å². The summed E-state index contributed by atoms with van der Waals surface area (Å²) in [5.74, 6) is -1.27. The Morgan fingerprint density at radius 1 is 1.19 bits per heavy atom. The van der Waals surface area contributed by atoms with Crippen molar-refractivity contribution in [2.75, 3.05) is 12.4 Å². The molecule has 21 heavy (non-hydrogen) atoms. The van der Waals surface area contributed by atoms with Gasteiger partial charge in [-0.05, 0) is 30.3 Å². The quantitative estimate of drug-likeness (QED) is 0.675. The van der Waals surface area contributed by atoms with Gasteiger partial charge in [0.1, 0.15) is 5.75 Å². The summed E-state index contributed by atoms with van der Waals surface area (Å²) in [7, 11) is 1.24. The second-order valence-electron chi connectivity index (χ2n) is 4.16. The van der Waals surface area contributed by atoms with Crippen LogP contribution >= 0.6 is 11.6 Å². The standard InChI is InChI=1S/C15H12ClNO4/c1-21-15(20)9-6-7-12(13(18)8-9)17-14(19)10-4-2-3-5-11(10)16/h2-8,18H,1H3,(H,17,19). The van der Waals surface area contributed by atoms with E-state index in [4.69, 9.17) is 11.6 Å². The van der Waals surface area contributed by atoms with Crippen LogP contribution in [0.4, 0.5) is 5.69 Å². The third-order valence-electron chi connectivity index (χ3n) is 2.79. The van der Waals surface area contributed by atoms with Gasteiger partial charge in [0.2, 0.25) is 0 Å². The molecule has 108 valence electrons. The van der Waals surface area contributed by atoms with Gasteiger partial charge >= 0.3 is 5.97 Å². The number of phenols is 1. The van der Waals surface area contributed by atoms with Gasteiger partial charge in [-0.2, -0.15) is 0 Å². The van der Waals surface area contributed by atoms with Crippen LogP contribution in [-0.4, -0.2) is 24.1 Å². The molecule has 0 aliphatic heterocycles. The van der Waals surface area contributed by atoms with E-state index < -0.39 is 11.9 Å². The minimum Gasteiger partial charge on any atom is -0.506 e. The molecule has 0 atom stereocenters. The largest absolute Gasteiger partial charge is 0.506 e. The van der Waals surface area contributed by atoms with Crippen molar-refractivity contribution in [2.24, 2.45) is 0 Å². The number of hydrogen-bond donors (Lipinski definition) is 2. The minimum atomic E-state index is -0.575. The minimum absolute atomic E-state index is 0.174. The second-order valence-corrected chi connectivity index (χ2v) is 4.56. The van der Waals surface area contributed by atoms with Crippen molar-refractivity contribution >= 4 is 29.2 Å². The van der Waals surface area contributed by atoms with Gasteiger partial charge in [0.25, 0.3) is 5.91 Å². The summed E-state index contributed by atoms with van der Waals surface area (Å²) in [6.07, 6.45) is 0. The van der Waals surface area contributed by atoms with E-state index in [1.807, 2.05) is 0 Å². The van der Waals surface area contributed by atoms with Gasteiger partial charge in [-0.15, -0.1) is 0 Å². The number of halogens is 1. The molecule has 2 N–H and O–H groups in total. The first-order valence-electron chi connectivity index (χ1n) is 6.00. The first kappa shape index (κ1) is 14.9. The van der Waals surface area contributed by atoms with E-state index in [0.29, 0.717) is 5.02 Å². The molecule has 0 aliphatic carbocycles. The highest BCUT2D eigenvalue weighted by molar-refractivity contribution is 6.34. The number of phenolic OH excluding ortho intramolecular Hbond substituents is 1. The van der Waals surface area contributed by atoms with Gasteiger partial charge in [0.05, 0.1) is 28.9 Å². The molecule has 1 amide bonds. The number of esters is 1. The number of methoxy groups -OCH3 is 1. The average Bonchev–Trinajstić information content (AvgIpc) is 2.48. The van der Waals surface area contributed by atoms with E-state index in [0.717, 1.165) is 0 Å². The first-order chi connectivity index (χ1) is 10.0. The maximum Gasteiger partial charge on any atom is 0.337 e. The average molecular weight is 306 g/mol. The maximum atomic E-state index is 12.1. The van der Waals surface area contributed by atoms with Gasteiger partial charge in [0, 0.05) is 0 Å². The Balaban J connectivity index is 2.22. The molecule has 6 heteroatoms. The monoisotopic (exact) mass is 305 g/mol. The van der Waals surface area contributed by atoms with Crippen molar-refractivity contribution in [3.63, 3.8) is 0 Å². The van der Waals surface area contributed by atoms with Crippen LogP contribution in [0.1, 0.15) is 20.7 Å². The zero-order valence-corrected chi connectivity index (χ0v) is 11.8.